The molecule has 21 heavy (non-hydrogen) atoms. The molecule has 0 aliphatic carbocycles. The lowest BCUT2D eigenvalue weighted by Crippen LogP contribution is -2.16. The van der Waals surface area contributed by atoms with Gasteiger partial charge in [-0.3, -0.25) is 4.68 Å². The van der Waals surface area contributed by atoms with E-state index in [-0.39, 0.29) is 12.5 Å². The minimum Gasteiger partial charge on any atom is -0.396 e. The predicted octanol–water partition coefficient (Wildman–Crippen LogP) is 4.02. The molecule has 2 aromatic rings. The lowest BCUT2D eigenvalue weighted by atomic mass is 9.95. The third kappa shape index (κ3) is 3.87. The zero-order chi connectivity index (χ0) is 15.4. The molecule has 1 aromatic carbocycles. The van der Waals surface area contributed by atoms with Crippen LogP contribution >= 0.6 is 27.5 Å². The van der Waals surface area contributed by atoms with Crippen LogP contribution in [0.3, 0.4) is 0 Å². The van der Waals surface area contributed by atoms with Crippen LogP contribution in [0.2, 0.25) is 5.02 Å². The second-order valence-corrected chi connectivity index (χ2v) is 6.44. The Bertz CT molecular complexity index is 612. The van der Waals surface area contributed by atoms with Gasteiger partial charge in [0, 0.05) is 17.6 Å². The molecule has 1 heterocycles. The Kier molecular flexibility index (Phi) is 5.85. The molecule has 1 atom stereocenters. The summed E-state index contributed by atoms with van der Waals surface area (Å²) in [5.74, 6) is 0.127. The van der Waals surface area contributed by atoms with Crippen LogP contribution in [0, 0.1) is 12.8 Å². The summed E-state index contributed by atoms with van der Waals surface area (Å²) in [5.41, 5.74) is 3.07. The van der Waals surface area contributed by atoms with Crippen LogP contribution in [0.25, 0.3) is 0 Å². The molecule has 1 N–H and O–H groups in total. The van der Waals surface area contributed by atoms with Crippen molar-refractivity contribution in [3.63, 3.8) is 0 Å². The highest BCUT2D eigenvalue weighted by atomic mass is 79.9. The monoisotopic (exact) mass is 370 g/mol. The van der Waals surface area contributed by atoms with Crippen molar-refractivity contribution in [2.45, 2.75) is 33.2 Å². The molecule has 0 aliphatic rings. The average molecular weight is 372 g/mol. The topological polar surface area (TPSA) is 38.0 Å². The van der Waals surface area contributed by atoms with Gasteiger partial charge in [0.15, 0.2) is 0 Å². The van der Waals surface area contributed by atoms with Gasteiger partial charge in [-0.2, -0.15) is 5.10 Å². The number of rotatable bonds is 6. The van der Waals surface area contributed by atoms with E-state index in [9.17, 15) is 5.11 Å². The van der Waals surface area contributed by atoms with E-state index in [1.165, 1.54) is 5.56 Å². The highest BCUT2D eigenvalue weighted by Gasteiger charge is 2.18. The number of halogens is 2. The number of hydrogen-bond acceptors (Lipinski definition) is 2. The van der Waals surface area contributed by atoms with Gasteiger partial charge >= 0.3 is 0 Å². The molecule has 0 saturated heterocycles. The van der Waals surface area contributed by atoms with E-state index < -0.39 is 0 Å². The second kappa shape index (κ2) is 7.43. The number of aliphatic hydroxyl groups is 1. The maximum Gasteiger partial charge on any atom is 0.0847 e. The van der Waals surface area contributed by atoms with Crippen molar-refractivity contribution in [2.24, 2.45) is 5.92 Å². The van der Waals surface area contributed by atoms with Crippen molar-refractivity contribution in [3.05, 3.63) is 50.7 Å². The van der Waals surface area contributed by atoms with Crippen LogP contribution in [0.5, 0.6) is 0 Å². The highest BCUT2D eigenvalue weighted by molar-refractivity contribution is 9.10. The second-order valence-electron chi connectivity index (χ2n) is 5.21. The Hall–Kier alpha value is -0.840. The minimum atomic E-state index is 0.127. The first-order valence-corrected chi connectivity index (χ1v) is 8.29. The Morgan fingerprint density at radius 1 is 1.33 bits per heavy atom. The van der Waals surface area contributed by atoms with Gasteiger partial charge in [0.2, 0.25) is 0 Å². The Balaban J connectivity index is 2.18. The van der Waals surface area contributed by atoms with E-state index in [4.69, 9.17) is 11.6 Å². The number of aromatic nitrogens is 2. The minimum absolute atomic E-state index is 0.127. The molecule has 0 bridgehead atoms. The maximum absolute atomic E-state index is 9.71. The van der Waals surface area contributed by atoms with Gasteiger partial charge in [0.25, 0.3) is 0 Å². The van der Waals surface area contributed by atoms with Crippen LogP contribution in [0.15, 0.2) is 28.7 Å². The molecule has 1 unspecified atom stereocenters. The van der Waals surface area contributed by atoms with E-state index in [1.807, 2.05) is 36.7 Å². The zero-order valence-electron chi connectivity index (χ0n) is 12.3. The molecule has 0 amide bonds. The zero-order valence-corrected chi connectivity index (χ0v) is 14.7. The molecule has 0 radical (unpaired) electrons. The molecule has 1 aromatic heterocycles. The first-order valence-electron chi connectivity index (χ1n) is 7.12. The van der Waals surface area contributed by atoms with E-state index in [1.54, 1.807) is 0 Å². The molecular formula is C16H20BrClN2O. The van der Waals surface area contributed by atoms with Gasteiger partial charge in [0.05, 0.1) is 16.4 Å². The van der Waals surface area contributed by atoms with Crippen molar-refractivity contribution >= 4 is 27.5 Å². The summed E-state index contributed by atoms with van der Waals surface area (Å²) in [4.78, 5) is 0. The number of nitrogens with zero attached hydrogens (tertiary/aromatic N) is 2. The standard InChI is InChI=1S/C16H20BrClN2O/c1-3-20-15(16(18)11(2)19-20)9-12(10-21)8-13-6-4-5-7-14(13)17/h4-7,12,21H,3,8-10H2,1-2H3. The molecule has 2 rings (SSSR count). The molecule has 3 nitrogen and oxygen atoms in total. The largest absolute Gasteiger partial charge is 0.396 e. The summed E-state index contributed by atoms with van der Waals surface area (Å²) >= 11 is 9.91. The Labute approximate surface area is 139 Å². The summed E-state index contributed by atoms with van der Waals surface area (Å²) in [6.45, 7) is 4.88. The average Bonchev–Trinajstić information content (AvgIpc) is 2.76. The first kappa shape index (κ1) is 16.5. The number of aryl methyl sites for hydroxylation is 2. The SMILES string of the molecule is CCn1nc(C)c(Cl)c1CC(CO)Cc1ccccc1Br. The van der Waals surface area contributed by atoms with E-state index in [2.05, 4.69) is 27.1 Å². The highest BCUT2D eigenvalue weighted by Crippen LogP contribution is 2.26. The van der Waals surface area contributed by atoms with Crippen molar-refractivity contribution in [3.8, 4) is 0 Å². The van der Waals surface area contributed by atoms with Crippen LogP contribution in [-0.4, -0.2) is 21.5 Å². The van der Waals surface area contributed by atoms with Gasteiger partial charge in [-0.05, 0) is 44.2 Å². The van der Waals surface area contributed by atoms with Crippen LogP contribution in [0.1, 0.15) is 23.9 Å². The normalized spacial score (nSPS) is 12.6. The van der Waals surface area contributed by atoms with Crippen LogP contribution < -0.4 is 0 Å². The van der Waals surface area contributed by atoms with Crippen molar-refractivity contribution in [1.82, 2.24) is 9.78 Å². The van der Waals surface area contributed by atoms with Gasteiger partial charge in [-0.25, -0.2) is 0 Å². The smallest absolute Gasteiger partial charge is 0.0847 e. The fraction of sp³-hybridized carbons (Fsp3) is 0.438. The maximum atomic E-state index is 9.71. The third-order valence-corrected chi connectivity index (χ3v) is 4.92. The summed E-state index contributed by atoms with van der Waals surface area (Å²) in [6, 6.07) is 8.11. The molecule has 0 aliphatic heterocycles. The first-order chi connectivity index (χ1) is 10.1. The quantitative estimate of drug-likeness (QED) is 0.833. The third-order valence-electron chi connectivity index (χ3n) is 3.66. The van der Waals surface area contributed by atoms with Crippen LogP contribution in [-0.2, 0) is 19.4 Å². The van der Waals surface area contributed by atoms with E-state index in [0.717, 1.165) is 40.3 Å². The fourth-order valence-electron chi connectivity index (χ4n) is 2.51. The lowest BCUT2D eigenvalue weighted by molar-refractivity contribution is 0.222. The Morgan fingerprint density at radius 3 is 2.67 bits per heavy atom. The van der Waals surface area contributed by atoms with E-state index >= 15 is 0 Å². The summed E-state index contributed by atoms with van der Waals surface area (Å²) < 4.78 is 3.01. The summed E-state index contributed by atoms with van der Waals surface area (Å²) in [6.07, 6.45) is 1.54. The molecule has 0 saturated carbocycles. The fourth-order valence-corrected chi connectivity index (χ4v) is 3.17. The Morgan fingerprint density at radius 2 is 2.05 bits per heavy atom. The van der Waals surface area contributed by atoms with Gasteiger partial charge in [-0.15, -0.1) is 0 Å². The van der Waals surface area contributed by atoms with Gasteiger partial charge in [0.1, 0.15) is 0 Å². The molecular weight excluding hydrogens is 352 g/mol. The van der Waals surface area contributed by atoms with Gasteiger partial charge in [-0.1, -0.05) is 45.7 Å². The lowest BCUT2D eigenvalue weighted by Gasteiger charge is -2.16. The summed E-state index contributed by atoms with van der Waals surface area (Å²) in [5, 5.41) is 14.9. The summed E-state index contributed by atoms with van der Waals surface area (Å²) in [7, 11) is 0. The van der Waals surface area contributed by atoms with Gasteiger partial charge < -0.3 is 5.11 Å². The number of hydrogen-bond donors (Lipinski definition) is 1. The number of aliphatic hydroxyl groups excluding tert-OH is 1. The van der Waals surface area contributed by atoms with Crippen molar-refractivity contribution in [2.75, 3.05) is 6.61 Å². The number of benzene rings is 1. The van der Waals surface area contributed by atoms with E-state index in [0.29, 0.717) is 0 Å². The molecule has 0 fully saturated rings. The van der Waals surface area contributed by atoms with Crippen LogP contribution in [0.4, 0.5) is 0 Å². The molecule has 5 heteroatoms. The van der Waals surface area contributed by atoms with Crippen molar-refractivity contribution < 1.29 is 5.11 Å². The molecule has 114 valence electrons. The van der Waals surface area contributed by atoms with Crippen molar-refractivity contribution in [1.29, 1.82) is 0 Å². The molecule has 0 spiro atoms. The predicted molar refractivity (Wildman–Crippen MR) is 89.8 cm³/mol.